The summed E-state index contributed by atoms with van der Waals surface area (Å²) in [4.78, 5) is 0. The second-order valence-corrected chi connectivity index (χ2v) is 2.09. The molecule has 0 bridgehead atoms. The summed E-state index contributed by atoms with van der Waals surface area (Å²) in [6.45, 7) is 5.54. The number of allylic oxidation sites excluding steroid dienone is 1. The van der Waals surface area contributed by atoms with Crippen LogP contribution in [-0.2, 0) is 5.11 Å². The Bertz CT molecular complexity index is 74.5. The van der Waals surface area contributed by atoms with Gasteiger partial charge in [-0.05, 0) is 13.8 Å². The lowest BCUT2D eigenvalue weighted by atomic mass is 10.1. The molecule has 0 aliphatic heterocycles. The average Bonchev–Trinajstić information content (AvgIpc) is 1.67. The minimum absolute atomic E-state index is 0.181. The first-order valence-corrected chi connectivity index (χ1v) is 2.97. The van der Waals surface area contributed by atoms with Crippen LogP contribution in [0.3, 0.4) is 0 Å². The van der Waals surface area contributed by atoms with Crippen molar-refractivity contribution in [3.8, 4) is 0 Å². The molecule has 2 unspecified atom stereocenters. The van der Waals surface area contributed by atoms with Gasteiger partial charge in [-0.25, -0.2) is 5.11 Å². The normalized spacial score (nSPS) is 19.0. The third kappa shape index (κ3) is 2.80. The lowest BCUT2D eigenvalue weighted by Crippen LogP contribution is -2.07. The first-order valence-electron chi connectivity index (χ1n) is 2.97. The zero-order valence-electron chi connectivity index (χ0n) is 5.72. The Labute approximate surface area is 51.0 Å². The van der Waals surface area contributed by atoms with E-state index in [1.807, 2.05) is 26.0 Å². The van der Waals surface area contributed by atoms with Gasteiger partial charge in [0.2, 0.25) is 0 Å². The van der Waals surface area contributed by atoms with Gasteiger partial charge in [-0.1, -0.05) is 19.1 Å². The van der Waals surface area contributed by atoms with Gasteiger partial charge in [0.1, 0.15) is 0 Å². The van der Waals surface area contributed by atoms with Crippen LogP contribution >= 0.6 is 0 Å². The molecule has 0 saturated carbocycles. The molecule has 0 spiro atoms. The fourth-order valence-electron chi connectivity index (χ4n) is 0.460. The van der Waals surface area contributed by atoms with Crippen LogP contribution in [0.15, 0.2) is 12.2 Å². The molecule has 47 valence electrons. The van der Waals surface area contributed by atoms with Crippen LogP contribution in [0.4, 0.5) is 0 Å². The molecule has 2 atom stereocenters. The van der Waals surface area contributed by atoms with Crippen molar-refractivity contribution in [2.24, 2.45) is 5.92 Å². The number of hydrogen-bond donors (Lipinski definition) is 0. The van der Waals surface area contributed by atoms with Gasteiger partial charge in [0.25, 0.3) is 0 Å². The van der Waals surface area contributed by atoms with E-state index in [4.69, 9.17) is 0 Å². The van der Waals surface area contributed by atoms with Crippen LogP contribution in [0.2, 0.25) is 0 Å². The van der Waals surface area contributed by atoms with Crippen molar-refractivity contribution < 1.29 is 5.11 Å². The van der Waals surface area contributed by atoms with Gasteiger partial charge >= 0.3 is 0 Å². The fourth-order valence-corrected chi connectivity index (χ4v) is 0.460. The monoisotopic (exact) mass is 113 g/mol. The molecular formula is C7H13O. The Kier molecular flexibility index (Phi) is 3.53. The van der Waals surface area contributed by atoms with Crippen molar-refractivity contribution in [1.29, 1.82) is 0 Å². The highest BCUT2D eigenvalue weighted by Crippen LogP contribution is 2.02. The van der Waals surface area contributed by atoms with E-state index < -0.39 is 6.10 Å². The van der Waals surface area contributed by atoms with Gasteiger partial charge in [0.15, 0.2) is 0 Å². The molecule has 0 heterocycles. The first kappa shape index (κ1) is 7.70. The summed E-state index contributed by atoms with van der Waals surface area (Å²) >= 11 is 0. The number of hydrogen-bond acceptors (Lipinski definition) is 0. The van der Waals surface area contributed by atoms with Gasteiger partial charge in [-0.3, -0.25) is 0 Å². The van der Waals surface area contributed by atoms with Gasteiger partial charge < -0.3 is 0 Å². The van der Waals surface area contributed by atoms with Crippen LogP contribution in [0.1, 0.15) is 20.8 Å². The van der Waals surface area contributed by atoms with Gasteiger partial charge in [-0.15, -0.1) is 0 Å². The minimum Gasteiger partial charge on any atom is -0.233 e. The Hall–Kier alpha value is -0.300. The van der Waals surface area contributed by atoms with Gasteiger partial charge in [0.05, 0.1) is 6.10 Å². The maximum Gasteiger partial charge on any atom is 0.0961 e. The molecule has 0 aromatic heterocycles. The Balaban J connectivity index is 3.47. The Morgan fingerprint density at radius 3 is 2.00 bits per heavy atom. The number of rotatable bonds is 2. The largest absolute Gasteiger partial charge is 0.233 e. The topological polar surface area (TPSA) is 19.9 Å². The molecule has 0 aliphatic rings. The lowest BCUT2D eigenvalue weighted by Gasteiger charge is -2.04. The maximum atomic E-state index is 10.6. The van der Waals surface area contributed by atoms with E-state index in [0.29, 0.717) is 0 Å². The lowest BCUT2D eigenvalue weighted by molar-refractivity contribution is 0.0755. The minimum atomic E-state index is -0.466. The molecule has 0 aromatic rings. The molecule has 1 nitrogen and oxygen atoms in total. The van der Waals surface area contributed by atoms with E-state index in [2.05, 4.69) is 0 Å². The molecule has 0 amide bonds. The smallest absolute Gasteiger partial charge is 0.0961 e. The van der Waals surface area contributed by atoms with E-state index in [1.165, 1.54) is 0 Å². The van der Waals surface area contributed by atoms with Crippen molar-refractivity contribution in [3.05, 3.63) is 12.2 Å². The third-order valence-corrected chi connectivity index (χ3v) is 1.24. The third-order valence-electron chi connectivity index (χ3n) is 1.24. The van der Waals surface area contributed by atoms with Crippen molar-refractivity contribution in [3.63, 3.8) is 0 Å². The molecular weight excluding hydrogens is 100 g/mol. The highest BCUT2D eigenvalue weighted by atomic mass is 16.3. The van der Waals surface area contributed by atoms with Crippen LogP contribution in [0, 0.1) is 5.92 Å². The second-order valence-electron chi connectivity index (χ2n) is 2.09. The predicted octanol–water partition coefficient (Wildman–Crippen LogP) is 2.02. The summed E-state index contributed by atoms with van der Waals surface area (Å²) in [5, 5.41) is 10.6. The zero-order chi connectivity index (χ0) is 6.57. The zero-order valence-corrected chi connectivity index (χ0v) is 5.72. The maximum absolute atomic E-state index is 10.6. The molecule has 0 saturated heterocycles. The van der Waals surface area contributed by atoms with Gasteiger partial charge in [0, 0.05) is 5.92 Å². The van der Waals surface area contributed by atoms with Crippen LogP contribution in [0.25, 0.3) is 0 Å². The molecule has 1 heteroatoms. The standard InChI is InChI=1S/C7H13O/c1-4-5-6(2)7(3)8/h4-7H,1-3H3/b5-4+. The summed E-state index contributed by atoms with van der Waals surface area (Å²) in [5.74, 6) is 0.181. The predicted molar refractivity (Wildman–Crippen MR) is 34.1 cm³/mol. The van der Waals surface area contributed by atoms with E-state index in [9.17, 15) is 5.11 Å². The summed E-state index contributed by atoms with van der Waals surface area (Å²) in [6, 6.07) is 0. The van der Waals surface area contributed by atoms with Crippen LogP contribution < -0.4 is 0 Å². The van der Waals surface area contributed by atoms with E-state index in [0.717, 1.165) is 0 Å². The van der Waals surface area contributed by atoms with Crippen molar-refractivity contribution in [2.45, 2.75) is 26.9 Å². The Morgan fingerprint density at radius 1 is 1.38 bits per heavy atom. The highest BCUT2D eigenvalue weighted by Gasteiger charge is 2.03. The first-order chi connectivity index (χ1) is 3.68. The molecule has 0 N–H and O–H groups in total. The van der Waals surface area contributed by atoms with Crippen molar-refractivity contribution in [1.82, 2.24) is 0 Å². The molecule has 0 aromatic carbocycles. The quantitative estimate of drug-likeness (QED) is 0.488. The molecule has 8 heavy (non-hydrogen) atoms. The molecule has 0 rings (SSSR count). The fraction of sp³-hybridized carbons (Fsp3) is 0.714. The van der Waals surface area contributed by atoms with E-state index in [1.54, 1.807) is 6.92 Å². The Morgan fingerprint density at radius 2 is 1.88 bits per heavy atom. The van der Waals surface area contributed by atoms with Crippen molar-refractivity contribution >= 4 is 0 Å². The van der Waals surface area contributed by atoms with Crippen molar-refractivity contribution in [2.75, 3.05) is 0 Å². The summed E-state index contributed by atoms with van der Waals surface area (Å²) in [7, 11) is 0. The molecule has 0 fully saturated rings. The highest BCUT2D eigenvalue weighted by molar-refractivity contribution is 4.85. The van der Waals surface area contributed by atoms with E-state index >= 15 is 0 Å². The summed E-state index contributed by atoms with van der Waals surface area (Å²) < 4.78 is 0. The average molecular weight is 113 g/mol. The SMILES string of the molecule is C/C=C/C(C)C(C)[O]. The second kappa shape index (κ2) is 3.67. The molecule has 1 radical (unpaired) electrons. The van der Waals surface area contributed by atoms with Crippen LogP contribution in [-0.4, -0.2) is 6.10 Å². The molecule has 0 aliphatic carbocycles. The van der Waals surface area contributed by atoms with E-state index in [-0.39, 0.29) is 5.92 Å². The summed E-state index contributed by atoms with van der Waals surface area (Å²) in [5.41, 5.74) is 0. The van der Waals surface area contributed by atoms with Gasteiger partial charge in [-0.2, -0.15) is 0 Å². The summed E-state index contributed by atoms with van der Waals surface area (Å²) in [6.07, 6.45) is 3.38. The van der Waals surface area contributed by atoms with Crippen LogP contribution in [0.5, 0.6) is 0 Å².